The molecule has 6 rings (SSSR count). The quantitative estimate of drug-likeness (QED) is 0.245. The lowest BCUT2D eigenvalue weighted by Gasteiger charge is -2.38. The first-order valence-corrected chi connectivity index (χ1v) is 12.4. The molecule has 2 aromatic heterocycles. The van der Waals surface area contributed by atoms with E-state index in [0.717, 1.165) is 5.39 Å². The summed E-state index contributed by atoms with van der Waals surface area (Å²) in [6.45, 7) is 4.47. The van der Waals surface area contributed by atoms with Gasteiger partial charge in [-0.05, 0) is 42.5 Å². The van der Waals surface area contributed by atoms with E-state index in [1.807, 2.05) is 12.1 Å². The number of rotatable bonds is 8. The van der Waals surface area contributed by atoms with Gasteiger partial charge < -0.3 is 28.8 Å². The van der Waals surface area contributed by atoms with Crippen LogP contribution < -0.4 is 19.5 Å². The zero-order chi connectivity index (χ0) is 26.9. The number of benzene rings is 3. The highest BCUT2D eigenvalue weighted by molar-refractivity contribution is 6.32. The van der Waals surface area contributed by atoms with Gasteiger partial charge in [0.1, 0.15) is 35.3 Å². The monoisotopic (exact) mass is 543 g/mol. The molecule has 3 aromatic carbocycles. The summed E-state index contributed by atoms with van der Waals surface area (Å²) in [4.78, 5) is 26.4. The Hall–Kier alpha value is -4.83. The Labute approximate surface area is 227 Å². The second-order valence-corrected chi connectivity index (χ2v) is 9.19. The molecule has 196 valence electrons. The summed E-state index contributed by atoms with van der Waals surface area (Å²) < 4.78 is 22.9. The number of ether oxygens (including phenoxy) is 3. The van der Waals surface area contributed by atoms with Crippen LogP contribution in [0.5, 0.6) is 23.0 Å². The molecular formula is C28H22ClN5O5. The summed E-state index contributed by atoms with van der Waals surface area (Å²) in [5, 5.41) is 4.44. The summed E-state index contributed by atoms with van der Waals surface area (Å²) in [5.41, 5.74) is 2.74. The van der Waals surface area contributed by atoms with E-state index in [4.69, 9.17) is 30.2 Å². The summed E-state index contributed by atoms with van der Waals surface area (Å²) >= 11 is 6.55. The average molecular weight is 544 g/mol. The first-order valence-electron chi connectivity index (χ1n) is 12.0. The Balaban J connectivity index is 1.22. The number of oxazole rings is 1. The largest absolute Gasteiger partial charge is 0.493 e. The first kappa shape index (κ1) is 24.5. The lowest BCUT2D eigenvalue weighted by Crippen LogP contribution is -2.55. The Morgan fingerprint density at radius 2 is 1.95 bits per heavy atom. The molecule has 1 aliphatic rings. The molecule has 0 saturated carbocycles. The second kappa shape index (κ2) is 10.1. The lowest BCUT2D eigenvalue weighted by molar-refractivity contribution is -0.134. The van der Waals surface area contributed by atoms with Gasteiger partial charge in [0.05, 0.1) is 30.7 Å². The van der Waals surface area contributed by atoms with Crippen LogP contribution in [-0.2, 0) is 4.79 Å². The number of nitrogens with one attached hydrogen (secondary N) is 1. The molecule has 0 unspecified atom stereocenters. The smallest absolute Gasteiger partial charge is 0.246 e. The van der Waals surface area contributed by atoms with Crippen molar-refractivity contribution in [1.82, 2.24) is 19.9 Å². The molecule has 11 heteroatoms. The number of carbonyl (C=O) groups is 1. The zero-order valence-corrected chi connectivity index (χ0v) is 21.5. The van der Waals surface area contributed by atoms with Crippen LogP contribution in [0.3, 0.4) is 0 Å². The molecular weight excluding hydrogens is 522 g/mol. The van der Waals surface area contributed by atoms with Crippen molar-refractivity contribution in [3.8, 4) is 23.0 Å². The highest BCUT2D eigenvalue weighted by Gasteiger charge is 2.31. The predicted octanol–water partition coefficient (Wildman–Crippen LogP) is 5.74. The number of likely N-dealkylation sites (tertiary alicyclic amines) is 1. The van der Waals surface area contributed by atoms with Gasteiger partial charge in [0.2, 0.25) is 5.91 Å². The van der Waals surface area contributed by atoms with E-state index in [0.29, 0.717) is 69.2 Å². The number of carbonyl (C=O) groups excluding carboxylic acids is 1. The maximum atomic E-state index is 11.8. The Morgan fingerprint density at radius 1 is 1.08 bits per heavy atom. The van der Waals surface area contributed by atoms with Crippen LogP contribution in [-0.4, -0.2) is 52.1 Å². The van der Waals surface area contributed by atoms with Crippen LogP contribution >= 0.6 is 11.6 Å². The number of fused-ring (bicyclic) bond motifs is 2. The molecule has 3 heterocycles. The van der Waals surface area contributed by atoms with E-state index in [1.165, 1.54) is 18.8 Å². The number of nitrogens with zero attached hydrogens (tertiary/aromatic N) is 4. The highest BCUT2D eigenvalue weighted by Crippen LogP contribution is 2.37. The van der Waals surface area contributed by atoms with Gasteiger partial charge in [0, 0.05) is 23.2 Å². The third-order valence-electron chi connectivity index (χ3n) is 6.27. The van der Waals surface area contributed by atoms with E-state index >= 15 is 0 Å². The number of anilines is 2. The SMILES string of the molecule is C=CC(=O)N1CC(Oc2cc3c(Nc4ccc(Oc5ccc6ocnc6c5)c(Cl)c4)ncnc3cc2OC)C1. The lowest BCUT2D eigenvalue weighted by atomic mass is 10.1. The molecule has 5 aromatic rings. The van der Waals surface area contributed by atoms with Gasteiger partial charge in [-0.15, -0.1) is 0 Å². The fourth-order valence-corrected chi connectivity index (χ4v) is 4.46. The number of hydrogen-bond donors (Lipinski definition) is 1. The van der Waals surface area contributed by atoms with Gasteiger partial charge in [-0.2, -0.15) is 0 Å². The standard InChI is InChI=1S/C28H22ClN5O5/c1-3-27(35)34-12-18(13-34)39-26-10-19-21(11-25(26)36-2)30-14-31-28(19)33-16-4-6-23(20(29)8-16)38-17-5-7-24-22(9-17)32-15-37-24/h3-11,14-15,18H,1,12-13H2,2H3,(H,30,31,33). The maximum absolute atomic E-state index is 11.8. The minimum absolute atomic E-state index is 0.119. The molecule has 0 spiro atoms. The Kier molecular flexibility index (Phi) is 6.37. The topological polar surface area (TPSA) is 112 Å². The fraction of sp³-hybridized carbons (Fsp3) is 0.143. The maximum Gasteiger partial charge on any atom is 0.246 e. The van der Waals surface area contributed by atoms with Crippen molar-refractivity contribution in [2.45, 2.75) is 6.10 Å². The molecule has 1 N–H and O–H groups in total. The Morgan fingerprint density at radius 3 is 2.74 bits per heavy atom. The fourth-order valence-electron chi connectivity index (χ4n) is 4.24. The Bertz CT molecular complexity index is 1720. The van der Waals surface area contributed by atoms with E-state index in [2.05, 4.69) is 26.8 Å². The number of methoxy groups -OCH3 is 1. The molecule has 0 atom stereocenters. The zero-order valence-electron chi connectivity index (χ0n) is 20.8. The molecule has 1 amide bonds. The molecule has 0 aliphatic carbocycles. The van der Waals surface area contributed by atoms with Crippen molar-refractivity contribution in [2.75, 3.05) is 25.5 Å². The van der Waals surface area contributed by atoms with Crippen molar-refractivity contribution >= 4 is 51.0 Å². The first-order chi connectivity index (χ1) is 19.0. The molecule has 1 aliphatic heterocycles. The van der Waals surface area contributed by atoms with Gasteiger partial charge in [0.15, 0.2) is 23.5 Å². The number of amides is 1. The highest BCUT2D eigenvalue weighted by atomic mass is 35.5. The average Bonchev–Trinajstić information content (AvgIpc) is 3.39. The normalized spacial score (nSPS) is 13.2. The van der Waals surface area contributed by atoms with E-state index in [-0.39, 0.29) is 12.0 Å². The van der Waals surface area contributed by atoms with Gasteiger partial charge in [0.25, 0.3) is 0 Å². The number of hydrogen-bond acceptors (Lipinski definition) is 9. The van der Waals surface area contributed by atoms with Crippen LogP contribution in [0.15, 0.2) is 78.3 Å². The summed E-state index contributed by atoms with van der Waals surface area (Å²) in [6, 6.07) is 14.3. The minimum Gasteiger partial charge on any atom is -0.493 e. The molecule has 0 radical (unpaired) electrons. The molecule has 39 heavy (non-hydrogen) atoms. The third-order valence-corrected chi connectivity index (χ3v) is 6.57. The van der Waals surface area contributed by atoms with Crippen LogP contribution in [0, 0.1) is 0 Å². The van der Waals surface area contributed by atoms with Crippen LogP contribution in [0.2, 0.25) is 5.02 Å². The molecule has 10 nitrogen and oxygen atoms in total. The van der Waals surface area contributed by atoms with Gasteiger partial charge >= 0.3 is 0 Å². The molecule has 1 fully saturated rings. The summed E-state index contributed by atoms with van der Waals surface area (Å²) in [5.74, 6) is 2.59. The summed E-state index contributed by atoms with van der Waals surface area (Å²) in [6.07, 6.45) is 3.99. The predicted molar refractivity (Wildman–Crippen MR) is 146 cm³/mol. The van der Waals surface area contributed by atoms with Crippen LogP contribution in [0.4, 0.5) is 11.5 Å². The number of aromatic nitrogens is 3. The van der Waals surface area contributed by atoms with Crippen LogP contribution in [0.25, 0.3) is 22.0 Å². The van der Waals surface area contributed by atoms with Crippen molar-refractivity contribution < 1.29 is 23.4 Å². The summed E-state index contributed by atoms with van der Waals surface area (Å²) in [7, 11) is 1.57. The van der Waals surface area contributed by atoms with Crippen molar-refractivity contribution in [3.63, 3.8) is 0 Å². The van der Waals surface area contributed by atoms with E-state index in [1.54, 1.807) is 48.4 Å². The molecule has 1 saturated heterocycles. The van der Waals surface area contributed by atoms with Gasteiger partial charge in [-0.3, -0.25) is 4.79 Å². The van der Waals surface area contributed by atoms with Crippen LogP contribution in [0.1, 0.15) is 0 Å². The minimum atomic E-state index is -0.155. The van der Waals surface area contributed by atoms with Crippen molar-refractivity contribution in [3.05, 3.63) is 78.9 Å². The third kappa shape index (κ3) is 4.89. The number of halogens is 1. The van der Waals surface area contributed by atoms with Crippen molar-refractivity contribution in [1.29, 1.82) is 0 Å². The van der Waals surface area contributed by atoms with Crippen molar-refractivity contribution in [2.24, 2.45) is 0 Å². The van der Waals surface area contributed by atoms with E-state index < -0.39 is 0 Å². The molecule has 0 bridgehead atoms. The van der Waals surface area contributed by atoms with Gasteiger partial charge in [-0.1, -0.05) is 18.2 Å². The van der Waals surface area contributed by atoms with E-state index in [9.17, 15) is 4.79 Å². The van der Waals surface area contributed by atoms with Gasteiger partial charge in [-0.25, -0.2) is 15.0 Å². The second-order valence-electron chi connectivity index (χ2n) is 8.78.